The predicted molar refractivity (Wildman–Crippen MR) is 129 cm³/mol. The highest BCUT2D eigenvalue weighted by Crippen LogP contribution is 2.48. The van der Waals surface area contributed by atoms with Crippen molar-refractivity contribution < 1.29 is 33.3 Å². The van der Waals surface area contributed by atoms with E-state index in [0.29, 0.717) is 29.2 Å². The fraction of sp³-hybridized carbons (Fsp3) is 0.462. The Hall–Kier alpha value is -3.18. The quantitative estimate of drug-likeness (QED) is 0.568. The first-order valence-electron chi connectivity index (χ1n) is 11.9. The third-order valence-corrected chi connectivity index (χ3v) is 6.97. The first-order valence-corrected chi connectivity index (χ1v) is 11.9. The SMILES string of the molecule is COc1cccc(C(=O)NC[C@]2(C)O[C@H]3CO[C@@H]4N3[C@H]2O[C@@]4(C)CNC(=O)c2cccc(OC)c2)c1. The minimum Gasteiger partial charge on any atom is -0.497 e. The van der Waals surface area contributed by atoms with Gasteiger partial charge in [0.25, 0.3) is 11.8 Å². The molecule has 3 fully saturated rings. The van der Waals surface area contributed by atoms with Gasteiger partial charge in [0, 0.05) is 11.1 Å². The second-order valence-corrected chi connectivity index (χ2v) is 9.63. The molecule has 2 N–H and O–H groups in total. The Kier molecular flexibility index (Phi) is 6.37. The average molecular weight is 498 g/mol. The van der Waals surface area contributed by atoms with E-state index in [1.807, 2.05) is 13.8 Å². The van der Waals surface area contributed by atoms with Crippen LogP contribution < -0.4 is 20.1 Å². The molecule has 0 radical (unpaired) electrons. The molecule has 5 atom stereocenters. The summed E-state index contributed by atoms with van der Waals surface area (Å²) in [6, 6.07) is 13.9. The maximum absolute atomic E-state index is 12.8. The number of amides is 2. The number of hydrogen-bond donors (Lipinski definition) is 2. The van der Waals surface area contributed by atoms with Crippen molar-refractivity contribution in [2.75, 3.05) is 33.9 Å². The predicted octanol–water partition coefficient (Wildman–Crippen LogP) is 1.75. The third kappa shape index (κ3) is 4.30. The molecule has 2 aromatic rings. The average Bonchev–Trinajstić information content (AvgIpc) is 3.54. The molecule has 192 valence electrons. The van der Waals surface area contributed by atoms with E-state index in [9.17, 15) is 9.59 Å². The minimum absolute atomic E-state index is 0.232. The van der Waals surface area contributed by atoms with Crippen molar-refractivity contribution in [1.82, 2.24) is 15.5 Å². The number of nitrogens with one attached hydrogen (secondary N) is 2. The Morgan fingerprint density at radius 1 is 0.889 bits per heavy atom. The number of rotatable bonds is 8. The Bertz CT molecular complexity index is 1100. The number of nitrogens with zero attached hydrogens (tertiary/aromatic N) is 1. The van der Waals surface area contributed by atoms with Gasteiger partial charge in [0.1, 0.15) is 41.4 Å². The van der Waals surface area contributed by atoms with Crippen LogP contribution in [-0.2, 0) is 14.2 Å². The minimum atomic E-state index is -0.810. The van der Waals surface area contributed by atoms with Crippen molar-refractivity contribution in [1.29, 1.82) is 0 Å². The fourth-order valence-electron chi connectivity index (χ4n) is 5.04. The molecule has 10 nitrogen and oxygen atoms in total. The van der Waals surface area contributed by atoms with E-state index < -0.39 is 23.7 Å². The van der Waals surface area contributed by atoms with E-state index in [4.69, 9.17) is 23.7 Å². The van der Waals surface area contributed by atoms with Crippen LogP contribution in [0.2, 0.25) is 0 Å². The smallest absolute Gasteiger partial charge is 0.251 e. The summed E-state index contributed by atoms with van der Waals surface area (Å²) in [5.41, 5.74) is -0.629. The zero-order valence-corrected chi connectivity index (χ0v) is 20.8. The summed E-state index contributed by atoms with van der Waals surface area (Å²) in [5.74, 6) is 0.754. The Balaban J connectivity index is 1.25. The van der Waals surface area contributed by atoms with E-state index in [1.165, 1.54) is 0 Å². The van der Waals surface area contributed by atoms with Crippen molar-refractivity contribution in [3.63, 3.8) is 0 Å². The first-order chi connectivity index (χ1) is 17.3. The van der Waals surface area contributed by atoms with Crippen LogP contribution in [0.3, 0.4) is 0 Å². The van der Waals surface area contributed by atoms with Gasteiger partial charge in [0.15, 0.2) is 0 Å². The fourth-order valence-corrected chi connectivity index (χ4v) is 5.04. The van der Waals surface area contributed by atoms with E-state index >= 15 is 0 Å². The van der Waals surface area contributed by atoms with Crippen LogP contribution in [0.5, 0.6) is 11.5 Å². The first kappa shape index (κ1) is 24.5. The zero-order valence-electron chi connectivity index (χ0n) is 20.8. The molecule has 2 amide bonds. The Labute approximate surface area is 209 Å². The topological polar surface area (TPSA) is 108 Å². The maximum Gasteiger partial charge on any atom is 0.251 e. The van der Waals surface area contributed by atoms with Crippen molar-refractivity contribution in [2.45, 2.75) is 43.7 Å². The van der Waals surface area contributed by atoms with Crippen LogP contribution in [0.1, 0.15) is 34.6 Å². The number of carbonyl (C=O) groups is 2. The van der Waals surface area contributed by atoms with Gasteiger partial charge < -0.3 is 34.3 Å². The molecule has 36 heavy (non-hydrogen) atoms. The normalized spacial score (nSPS) is 30.6. The summed E-state index contributed by atoms with van der Waals surface area (Å²) in [6.07, 6.45) is -1.15. The van der Waals surface area contributed by atoms with Crippen LogP contribution in [0.15, 0.2) is 48.5 Å². The van der Waals surface area contributed by atoms with Gasteiger partial charge in [-0.05, 0) is 50.2 Å². The molecule has 0 unspecified atom stereocenters. The maximum atomic E-state index is 12.8. The number of hydrogen-bond acceptors (Lipinski definition) is 8. The van der Waals surface area contributed by atoms with Crippen molar-refractivity contribution >= 4 is 11.8 Å². The monoisotopic (exact) mass is 497 g/mol. The highest BCUT2D eigenvalue weighted by atomic mass is 16.7. The lowest BCUT2D eigenvalue weighted by Gasteiger charge is -2.32. The molecule has 3 aliphatic rings. The molecule has 3 aliphatic heterocycles. The summed E-state index contributed by atoms with van der Waals surface area (Å²) in [7, 11) is 3.12. The largest absolute Gasteiger partial charge is 0.497 e. The van der Waals surface area contributed by atoms with Gasteiger partial charge >= 0.3 is 0 Å². The van der Waals surface area contributed by atoms with Gasteiger partial charge in [-0.15, -0.1) is 0 Å². The van der Waals surface area contributed by atoms with Crippen LogP contribution >= 0.6 is 0 Å². The van der Waals surface area contributed by atoms with Gasteiger partial charge in [-0.1, -0.05) is 12.1 Å². The summed E-state index contributed by atoms with van der Waals surface area (Å²) in [4.78, 5) is 27.6. The number of benzene rings is 2. The molecule has 2 aromatic carbocycles. The van der Waals surface area contributed by atoms with Gasteiger partial charge in [-0.2, -0.15) is 0 Å². The standard InChI is InChI=1S/C26H31N3O7/c1-25(14-27-21(30)16-7-5-9-18(11-16)32-3)23-29-20(13-34-23)35-26(2,24(29)36-25)15-28-22(31)17-8-6-10-19(12-17)33-4/h5-12,20,23-24H,13-15H2,1-4H3,(H,27,30)(H,28,31)/t20-,23-,24-,25-,26-/m0/s1. The lowest BCUT2D eigenvalue weighted by atomic mass is 10.0. The van der Waals surface area contributed by atoms with E-state index in [0.717, 1.165) is 0 Å². The molecule has 5 rings (SSSR count). The molecule has 0 aliphatic carbocycles. The van der Waals surface area contributed by atoms with Crippen molar-refractivity contribution in [3.05, 3.63) is 59.7 Å². The lowest BCUT2D eigenvalue weighted by Crippen LogP contribution is -2.51. The van der Waals surface area contributed by atoms with E-state index in [2.05, 4.69) is 15.5 Å². The molecular formula is C26H31N3O7. The van der Waals surface area contributed by atoms with Crippen LogP contribution in [0.4, 0.5) is 0 Å². The van der Waals surface area contributed by atoms with Gasteiger partial charge in [0.2, 0.25) is 0 Å². The van der Waals surface area contributed by atoms with Crippen molar-refractivity contribution in [2.24, 2.45) is 0 Å². The van der Waals surface area contributed by atoms with Gasteiger partial charge in [0.05, 0.1) is 33.9 Å². The Morgan fingerprint density at radius 2 is 1.42 bits per heavy atom. The highest BCUT2D eigenvalue weighted by Gasteiger charge is 2.67. The second-order valence-electron chi connectivity index (χ2n) is 9.63. The van der Waals surface area contributed by atoms with E-state index in [-0.39, 0.29) is 31.1 Å². The Morgan fingerprint density at radius 3 is 1.94 bits per heavy atom. The van der Waals surface area contributed by atoms with Gasteiger partial charge in [-0.3, -0.25) is 9.59 Å². The summed E-state index contributed by atoms with van der Waals surface area (Å²) < 4.78 is 29.2. The molecule has 0 bridgehead atoms. The molecule has 0 aromatic heterocycles. The molecule has 0 saturated carbocycles. The van der Waals surface area contributed by atoms with Crippen LogP contribution in [0, 0.1) is 0 Å². The third-order valence-electron chi connectivity index (χ3n) is 6.97. The molecule has 3 saturated heterocycles. The van der Waals surface area contributed by atoms with Crippen LogP contribution in [0.25, 0.3) is 0 Å². The molecule has 0 spiro atoms. The zero-order chi connectivity index (χ0) is 25.5. The molecular weight excluding hydrogens is 466 g/mol. The molecule has 3 heterocycles. The van der Waals surface area contributed by atoms with E-state index in [1.54, 1.807) is 62.8 Å². The highest BCUT2D eigenvalue weighted by molar-refractivity contribution is 5.95. The van der Waals surface area contributed by atoms with Crippen molar-refractivity contribution in [3.8, 4) is 11.5 Å². The molecule has 10 heteroatoms. The number of ether oxygens (including phenoxy) is 5. The summed E-state index contributed by atoms with van der Waals surface area (Å²) in [5, 5.41) is 5.93. The number of methoxy groups -OCH3 is 2. The van der Waals surface area contributed by atoms with Gasteiger partial charge in [-0.25, -0.2) is 4.90 Å². The van der Waals surface area contributed by atoms with Crippen LogP contribution in [-0.4, -0.2) is 80.5 Å². The summed E-state index contributed by atoms with van der Waals surface area (Å²) >= 11 is 0. The second kappa shape index (κ2) is 9.36. The lowest BCUT2D eigenvalue weighted by molar-refractivity contribution is -0.126. The summed E-state index contributed by atoms with van der Waals surface area (Å²) in [6.45, 7) is 4.68. The number of carbonyl (C=O) groups excluding carboxylic acids is 2.